The van der Waals surface area contributed by atoms with Gasteiger partial charge in [-0.15, -0.1) is 0 Å². The van der Waals surface area contributed by atoms with Gasteiger partial charge in [0.05, 0.1) is 22.7 Å². The van der Waals surface area contributed by atoms with Crippen LogP contribution in [0, 0.1) is 17.1 Å². The van der Waals surface area contributed by atoms with Crippen molar-refractivity contribution in [3.63, 3.8) is 0 Å². The van der Waals surface area contributed by atoms with Crippen LogP contribution in [0.1, 0.15) is 25.0 Å². The number of amides is 1. The van der Waals surface area contributed by atoms with Crippen molar-refractivity contribution in [2.45, 2.75) is 30.8 Å². The van der Waals surface area contributed by atoms with Crippen LogP contribution < -0.4 is 10.1 Å². The molecule has 2 N–H and O–H groups in total. The van der Waals surface area contributed by atoms with Crippen molar-refractivity contribution in [2.24, 2.45) is 0 Å². The van der Waals surface area contributed by atoms with Gasteiger partial charge in [-0.05, 0) is 54.5 Å². The van der Waals surface area contributed by atoms with Gasteiger partial charge < -0.3 is 20.1 Å². The minimum atomic E-state index is -1.30. The number of ether oxygens (including phenoxy) is 1. The van der Waals surface area contributed by atoms with Crippen molar-refractivity contribution < 1.29 is 19.0 Å². The van der Waals surface area contributed by atoms with Crippen LogP contribution in [0.3, 0.4) is 0 Å². The molecule has 1 unspecified atom stereocenters. The summed E-state index contributed by atoms with van der Waals surface area (Å²) >= 11 is 3.19. The van der Waals surface area contributed by atoms with E-state index in [1.165, 1.54) is 11.0 Å². The highest BCUT2D eigenvalue weighted by Crippen LogP contribution is 2.38. The molecule has 1 aromatic carbocycles. The molecular weight excluding hydrogens is 483 g/mol. The fourth-order valence-corrected chi connectivity index (χ4v) is 4.87. The summed E-state index contributed by atoms with van der Waals surface area (Å²) in [7, 11) is 2.02. The monoisotopic (exact) mass is 506 g/mol. The summed E-state index contributed by atoms with van der Waals surface area (Å²) < 4.78 is 21.2. The van der Waals surface area contributed by atoms with Crippen LogP contribution >= 0.6 is 15.9 Å². The van der Waals surface area contributed by atoms with Crippen LogP contribution in [-0.2, 0) is 5.54 Å². The van der Waals surface area contributed by atoms with Gasteiger partial charge in [0.15, 0.2) is 5.82 Å². The minimum absolute atomic E-state index is 0.0207. The Kier molecular flexibility index (Phi) is 6.46. The Bertz CT molecular complexity index is 1080. The minimum Gasteiger partial charge on any atom is -0.465 e. The number of carbonyl (C=O) groups is 1. The third kappa shape index (κ3) is 3.98. The first-order valence-corrected chi connectivity index (χ1v) is 11.2. The summed E-state index contributed by atoms with van der Waals surface area (Å²) in [4.78, 5) is 24.4. The fourth-order valence-electron chi connectivity index (χ4n) is 4.55. The molecule has 0 bridgehead atoms. The number of likely N-dealkylation sites (tertiary alicyclic amines) is 1. The lowest BCUT2D eigenvalue weighted by Crippen LogP contribution is -2.61. The average molecular weight is 507 g/mol. The highest BCUT2D eigenvalue weighted by atomic mass is 79.9. The van der Waals surface area contributed by atoms with E-state index >= 15 is 4.39 Å². The predicted molar refractivity (Wildman–Crippen MR) is 118 cm³/mol. The summed E-state index contributed by atoms with van der Waals surface area (Å²) in [6.07, 6.45) is 0.731. The Morgan fingerprint density at radius 3 is 2.97 bits per heavy atom. The maximum atomic E-state index is 15.1. The van der Waals surface area contributed by atoms with Gasteiger partial charge in [0.25, 0.3) is 0 Å². The number of hydrogen-bond acceptors (Lipinski definition) is 7. The van der Waals surface area contributed by atoms with Crippen LogP contribution in [0.2, 0.25) is 0 Å². The standard InChI is InChI=1S/C21H24BrFN6O3/c1-28-9-2-3-13(28)11-32-19-26-17-14(4-5-15(22)16(17)23)18(27-19)21(6-7-24)12-25-8-10-29(21)20(30)31/h4-5,13,25H,2-3,6,8-12H2,1H3,(H,30,31)/t13-,21?/m0/s1. The Hall–Kier alpha value is -2.55. The lowest BCUT2D eigenvalue weighted by atomic mass is 9.85. The van der Waals surface area contributed by atoms with Gasteiger partial charge in [0.1, 0.15) is 17.7 Å². The number of hydrogen-bond donors (Lipinski definition) is 2. The molecule has 32 heavy (non-hydrogen) atoms. The van der Waals surface area contributed by atoms with Crippen LogP contribution in [0.4, 0.5) is 9.18 Å². The number of nitriles is 1. The second-order valence-corrected chi connectivity index (χ2v) is 9.03. The molecular formula is C21H24BrFN6O3. The van der Waals surface area contributed by atoms with Crippen molar-refractivity contribution in [2.75, 3.05) is 39.8 Å². The topological polar surface area (TPSA) is 115 Å². The number of nitrogens with one attached hydrogen (secondary N) is 1. The van der Waals surface area contributed by atoms with Crippen LogP contribution in [-0.4, -0.2) is 76.8 Å². The van der Waals surface area contributed by atoms with Crippen molar-refractivity contribution >= 4 is 32.9 Å². The lowest BCUT2D eigenvalue weighted by Gasteiger charge is -2.44. The molecule has 2 aromatic rings. The SMILES string of the molecule is CN1CCC[C@H]1COc1nc(C2(CC#N)CNCCN2C(=O)O)c2ccc(Br)c(F)c2n1. The zero-order chi connectivity index (χ0) is 22.9. The third-order valence-corrected chi connectivity index (χ3v) is 6.92. The van der Waals surface area contributed by atoms with Crippen LogP contribution in [0.25, 0.3) is 10.9 Å². The average Bonchev–Trinajstić information content (AvgIpc) is 3.19. The zero-order valence-electron chi connectivity index (χ0n) is 17.6. The van der Waals surface area contributed by atoms with Gasteiger partial charge in [0, 0.05) is 31.1 Å². The number of likely N-dealkylation sites (N-methyl/N-ethyl adjacent to an activating group) is 1. The number of piperazine rings is 1. The molecule has 11 heteroatoms. The highest BCUT2D eigenvalue weighted by Gasteiger charge is 2.46. The molecule has 2 aliphatic heterocycles. The number of halogens is 2. The Balaban J connectivity index is 1.86. The molecule has 9 nitrogen and oxygen atoms in total. The van der Waals surface area contributed by atoms with E-state index in [-0.39, 0.29) is 47.2 Å². The summed E-state index contributed by atoms with van der Waals surface area (Å²) in [6, 6.07) is 5.43. The Morgan fingerprint density at radius 1 is 1.47 bits per heavy atom. The first-order valence-electron chi connectivity index (χ1n) is 10.4. The van der Waals surface area contributed by atoms with E-state index in [4.69, 9.17) is 4.74 Å². The lowest BCUT2D eigenvalue weighted by molar-refractivity contribution is 0.0545. The quantitative estimate of drug-likeness (QED) is 0.635. The molecule has 2 saturated heterocycles. The smallest absolute Gasteiger partial charge is 0.408 e. The number of benzene rings is 1. The summed E-state index contributed by atoms with van der Waals surface area (Å²) in [5, 5.41) is 23.0. The molecule has 2 aliphatic rings. The predicted octanol–water partition coefficient (Wildman–Crippen LogP) is 2.70. The van der Waals surface area contributed by atoms with E-state index < -0.39 is 17.4 Å². The molecule has 0 saturated carbocycles. The first kappa shape index (κ1) is 22.6. The second-order valence-electron chi connectivity index (χ2n) is 8.18. The van der Waals surface area contributed by atoms with Crippen molar-refractivity contribution in [3.05, 3.63) is 28.1 Å². The number of rotatable bonds is 5. The number of fused-ring (bicyclic) bond motifs is 1. The largest absolute Gasteiger partial charge is 0.465 e. The molecule has 170 valence electrons. The normalized spacial score (nSPS) is 23.9. The Labute approximate surface area is 193 Å². The molecule has 2 fully saturated rings. The van der Waals surface area contributed by atoms with E-state index in [0.29, 0.717) is 18.5 Å². The highest BCUT2D eigenvalue weighted by molar-refractivity contribution is 9.10. The van der Waals surface area contributed by atoms with Crippen LogP contribution in [0.5, 0.6) is 6.01 Å². The fraction of sp³-hybridized carbons (Fsp3) is 0.524. The third-order valence-electron chi connectivity index (χ3n) is 6.30. The number of carboxylic acid groups (broad SMARTS) is 1. The first-order chi connectivity index (χ1) is 15.4. The molecule has 1 amide bonds. The van der Waals surface area contributed by atoms with Crippen molar-refractivity contribution in [1.29, 1.82) is 5.26 Å². The maximum Gasteiger partial charge on any atom is 0.408 e. The van der Waals surface area contributed by atoms with Gasteiger partial charge >= 0.3 is 12.1 Å². The molecule has 2 atom stereocenters. The van der Waals surface area contributed by atoms with E-state index in [9.17, 15) is 15.2 Å². The molecule has 1 aromatic heterocycles. The second kappa shape index (κ2) is 9.13. The summed E-state index contributed by atoms with van der Waals surface area (Å²) in [5.74, 6) is -0.591. The summed E-state index contributed by atoms with van der Waals surface area (Å²) in [5.41, 5.74) is -1.02. The van der Waals surface area contributed by atoms with Crippen molar-refractivity contribution in [1.82, 2.24) is 25.1 Å². The van der Waals surface area contributed by atoms with Gasteiger partial charge in [-0.1, -0.05) is 0 Å². The number of nitrogens with zero attached hydrogens (tertiary/aromatic N) is 5. The van der Waals surface area contributed by atoms with E-state index in [1.807, 2.05) is 7.05 Å². The van der Waals surface area contributed by atoms with E-state index in [2.05, 4.69) is 42.2 Å². The maximum absolute atomic E-state index is 15.1. The van der Waals surface area contributed by atoms with Gasteiger partial charge in [-0.3, -0.25) is 4.90 Å². The zero-order valence-corrected chi connectivity index (χ0v) is 19.2. The molecule has 0 aliphatic carbocycles. The van der Waals surface area contributed by atoms with Gasteiger partial charge in [-0.25, -0.2) is 9.18 Å². The molecule has 0 radical (unpaired) electrons. The van der Waals surface area contributed by atoms with Crippen LogP contribution in [0.15, 0.2) is 16.6 Å². The van der Waals surface area contributed by atoms with E-state index in [1.54, 1.807) is 6.07 Å². The molecule has 3 heterocycles. The summed E-state index contributed by atoms with van der Waals surface area (Å²) in [6.45, 7) is 2.10. The van der Waals surface area contributed by atoms with Crippen molar-refractivity contribution in [3.8, 4) is 12.1 Å². The molecule has 0 spiro atoms. The van der Waals surface area contributed by atoms with Gasteiger partial charge in [0.2, 0.25) is 0 Å². The molecule has 4 rings (SSSR count). The van der Waals surface area contributed by atoms with E-state index in [0.717, 1.165) is 19.4 Å². The number of aromatic nitrogens is 2. The van der Waals surface area contributed by atoms with Gasteiger partial charge in [-0.2, -0.15) is 15.2 Å². The Morgan fingerprint density at radius 2 is 2.28 bits per heavy atom.